The topological polar surface area (TPSA) is 180 Å². The van der Waals surface area contributed by atoms with Gasteiger partial charge in [0.1, 0.15) is 23.4 Å². The van der Waals surface area contributed by atoms with Gasteiger partial charge in [-0.2, -0.15) is 5.10 Å². The van der Waals surface area contributed by atoms with Crippen LogP contribution in [-0.4, -0.2) is 87.7 Å². The first-order valence-corrected chi connectivity index (χ1v) is 18.5. The average molecular weight is 724 g/mol. The summed E-state index contributed by atoms with van der Waals surface area (Å²) in [6.07, 6.45) is 6.82. The smallest absolute Gasteiger partial charge is 0.272 e. The van der Waals surface area contributed by atoms with Crippen LogP contribution in [0.4, 0.5) is 15.8 Å². The molecule has 53 heavy (non-hydrogen) atoms. The van der Waals surface area contributed by atoms with Crippen molar-refractivity contribution in [3.63, 3.8) is 0 Å². The molecular weight excluding hydrogens is 677 g/mol. The van der Waals surface area contributed by atoms with Gasteiger partial charge in [-0.15, -0.1) is 0 Å². The lowest BCUT2D eigenvalue weighted by Crippen LogP contribution is -2.51. The first-order chi connectivity index (χ1) is 25.6. The molecule has 2 aromatic heterocycles. The first kappa shape index (κ1) is 34.6. The van der Waals surface area contributed by atoms with Gasteiger partial charge in [0.25, 0.3) is 11.8 Å². The van der Waals surface area contributed by atoms with Gasteiger partial charge in [0.05, 0.1) is 59.8 Å². The van der Waals surface area contributed by atoms with Crippen LogP contribution in [0.1, 0.15) is 73.0 Å². The molecule has 1 aromatic carbocycles. The van der Waals surface area contributed by atoms with Crippen LogP contribution < -0.4 is 32.3 Å². The van der Waals surface area contributed by atoms with E-state index >= 15 is 0 Å². The summed E-state index contributed by atoms with van der Waals surface area (Å²) in [5.74, 6) is -0.693. The van der Waals surface area contributed by atoms with E-state index in [0.717, 1.165) is 79.1 Å². The number of fused-ring (bicyclic) bond motifs is 3. The van der Waals surface area contributed by atoms with E-state index in [1.807, 2.05) is 30.5 Å². The van der Waals surface area contributed by atoms with Gasteiger partial charge in [-0.3, -0.25) is 24.0 Å². The van der Waals surface area contributed by atoms with Gasteiger partial charge in [0.2, 0.25) is 5.91 Å². The van der Waals surface area contributed by atoms with Crippen LogP contribution in [0.3, 0.4) is 0 Å². The highest BCUT2D eigenvalue weighted by Crippen LogP contribution is 2.49. The summed E-state index contributed by atoms with van der Waals surface area (Å²) in [5, 5.41) is 14.0. The van der Waals surface area contributed by atoms with Crippen molar-refractivity contribution in [2.75, 3.05) is 43.4 Å². The number of aromatic nitrogens is 3. The molecule has 0 bridgehead atoms. The van der Waals surface area contributed by atoms with Crippen molar-refractivity contribution >= 4 is 29.1 Å². The molecule has 0 spiro atoms. The van der Waals surface area contributed by atoms with Gasteiger partial charge >= 0.3 is 0 Å². The minimum atomic E-state index is -0.951. The maximum absolute atomic E-state index is 13.3. The first-order valence-electron chi connectivity index (χ1n) is 18.5. The van der Waals surface area contributed by atoms with Crippen LogP contribution >= 0.6 is 0 Å². The van der Waals surface area contributed by atoms with Gasteiger partial charge in [0.15, 0.2) is 0 Å². The number of allylic oxidation sites excluding steroid dienone is 1. The Morgan fingerprint density at radius 1 is 1.00 bits per heavy atom. The largest absolute Gasteiger partial charge is 0.393 e. The molecule has 5 aliphatic rings. The molecule has 2 aliphatic carbocycles. The third-order valence-electron chi connectivity index (χ3n) is 10.7. The maximum Gasteiger partial charge on any atom is 0.272 e. The Morgan fingerprint density at radius 3 is 2.45 bits per heavy atom. The van der Waals surface area contributed by atoms with Crippen LogP contribution in [0.2, 0.25) is 0 Å². The molecule has 14 nitrogen and oxygen atoms in total. The lowest BCUT2D eigenvalue weighted by molar-refractivity contribution is -0.121. The highest BCUT2D eigenvalue weighted by atomic mass is 19.1. The van der Waals surface area contributed by atoms with Gasteiger partial charge in [-0.1, -0.05) is 25.1 Å². The van der Waals surface area contributed by atoms with Gasteiger partial charge in [-0.25, -0.2) is 9.37 Å². The molecule has 7 N–H and O–H groups in total. The standard InChI is InChI=1S/C38H46FN11O3/c1-3-31-35-27(15-42-50(35)25-19-48(20-25)18-24-6-4-9-29(43-24)38(53)49-16-22(39)17-49)26-7-5-8-28(34(26)47(31)2)45-30(33(41)37(52)44-23-12-13-23)14-32(40)46-36(51)21-10-11-21/h4-9,14-15,21-23,25,31,45H,3,10-13,16-20,40-41H2,1-2H3,(H,44,52)(H,46,51)/b32-14+,33-30+. The lowest BCUT2D eigenvalue weighted by Gasteiger charge is -2.43. The third kappa shape index (κ3) is 6.92. The minimum Gasteiger partial charge on any atom is -0.393 e. The Hall–Kier alpha value is -5.44. The van der Waals surface area contributed by atoms with Crippen molar-refractivity contribution in [2.45, 2.75) is 69.9 Å². The fourth-order valence-corrected chi connectivity index (χ4v) is 7.47. The number of halogens is 1. The Bertz CT molecular complexity index is 2010. The maximum atomic E-state index is 13.3. The minimum absolute atomic E-state index is 0.00756. The van der Waals surface area contributed by atoms with Crippen molar-refractivity contribution in [1.29, 1.82) is 0 Å². The molecule has 3 aliphatic heterocycles. The summed E-state index contributed by atoms with van der Waals surface area (Å²) in [6.45, 7) is 4.56. The summed E-state index contributed by atoms with van der Waals surface area (Å²) in [4.78, 5) is 48.9. The number of amides is 3. The van der Waals surface area contributed by atoms with Crippen molar-refractivity contribution < 1.29 is 18.8 Å². The second kappa shape index (κ2) is 13.8. The molecule has 278 valence electrons. The van der Waals surface area contributed by atoms with E-state index in [0.29, 0.717) is 17.9 Å². The lowest BCUT2D eigenvalue weighted by atomic mass is 9.91. The van der Waals surface area contributed by atoms with Crippen molar-refractivity contribution in [3.05, 3.63) is 83.0 Å². The number of benzene rings is 1. The summed E-state index contributed by atoms with van der Waals surface area (Å²) < 4.78 is 15.5. The number of anilines is 2. The van der Waals surface area contributed by atoms with E-state index in [9.17, 15) is 18.8 Å². The Kier molecular flexibility index (Phi) is 9.05. The van der Waals surface area contributed by atoms with Crippen molar-refractivity contribution in [2.24, 2.45) is 17.4 Å². The SMILES string of the molecule is CCC1c2c(cnn2C2CN(Cc3cccc(C(=O)N4CC(F)C4)n3)C2)-c2cccc(NC(/C=C(\N)NC(=O)C3CC3)=C(/N)C(=O)NC3CC3)c2N1C. The van der Waals surface area contributed by atoms with Crippen LogP contribution in [0.5, 0.6) is 0 Å². The number of pyridine rings is 1. The Balaban J connectivity index is 1.02. The van der Waals surface area contributed by atoms with E-state index in [4.69, 9.17) is 16.6 Å². The van der Waals surface area contributed by atoms with Crippen molar-refractivity contribution in [1.82, 2.24) is 35.2 Å². The predicted molar refractivity (Wildman–Crippen MR) is 198 cm³/mol. The zero-order valence-electron chi connectivity index (χ0n) is 30.0. The number of hydrogen-bond acceptors (Lipinski definition) is 10. The van der Waals surface area contributed by atoms with Gasteiger partial charge < -0.3 is 37.2 Å². The molecule has 2 saturated heterocycles. The number of nitrogens with two attached hydrogens (primary N) is 2. The summed E-state index contributed by atoms with van der Waals surface area (Å²) >= 11 is 0. The fourth-order valence-electron chi connectivity index (χ4n) is 7.47. The Morgan fingerprint density at radius 2 is 1.75 bits per heavy atom. The van der Waals surface area contributed by atoms with Crippen LogP contribution in [0, 0.1) is 5.92 Å². The number of nitrogens with one attached hydrogen (secondary N) is 3. The molecule has 1 atom stereocenters. The summed E-state index contributed by atoms with van der Waals surface area (Å²) in [6, 6.07) is 11.7. The quantitative estimate of drug-likeness (QED) is 0.138. The highest BCUT2D eigenvalue weighted by molar-refractivity contribution is 5.97. The number of carbonyl (C=O) groups is 3. The zero-order chi connectivity index (χ0) is 37.0. The summed E-state index contributed by atoms with van der Waals surface area (Å²) in [5.41, 5.74) is 19.0. The molecule has 5 heterocycles. The molecule has 3 amide bonds. The highest BCUT2D eigenvalue weighted by Gasteiger charge is 2.39. The number of alkyl halides is 1. The van der Waals surface area contributed by atoms with Gasteiger partial charge in [0, 0.05) is 55.8 Å². The molecule has 2 saturated carbocycles. The fraction of sp³-hybridized carbons (Fsp3) is 0.447. The summed E-state index contributed by atoms with van der Waals surface area (Å²) in [7, 11) is 2.06. The van der Waals surface area contributed by atoms with E-state index in [2.05, 4.69) is 55.5 Å². The second-order valence-electron chi connectivity index (χ2n) is 14.9. The number of likely N-dealkylation sites (tertiary alicyclic amines) is 2. The molecule has 4 fully saturated rings. The van der Waals surface area contributed by atoms with Crippen LogP contribution in [0.15, 0.2) is 65.9 Å². The van der Waals surface area contributed by atoms with E-state index < -0.39 is 12.1 Å². The van der Waals surface area contributed by atoms with Crippen LogP contribution in [0.25, 0.3) is 11.1 Å². The van der Waals surface area contributed by atoms with E-state index in [1.165, 1.54) is 11.0 Å². The number of hydrogen-bond donors (Lipinski definition) is 5. The number of para-hydroxylation sites is 1. The monoisotopic (exact) mass is 723 g/mol. The number of rotatable bonds is 12. The molecule has 1 unspecified atom stereocenters. The average Bonchev–Trinajstić information content (AvgIpc) is 4.06. The number of carbonyl (C=O) groups excluding carboxylic acids is 3. The molecular formula is C38H46FN11O3. The van der Waals surface area contributed by atoms with E-state index in [1.54, 1.807) is 6.07 Å². The zero-order valence-corrected chi connectivity index (χ0v) is 30.0. The Labute approximate surface area is 307 Å². The predicted octanol–water partition coefficient (Wildman–Crippen LogP) is 2.88. The van der Waals surface area contributed by atoms with Crippen molar-refractivity contribution in [3.8, 4) is 11.1 Å². The molecule has 15 heteroatoms. The van der Waals surface area contributed by atoms with Gasteiger partial charge in [-0.05, 0) is 50.3 Å². The molecule has 8 rings (SSSR count). The molecule has 3 aromatic rings. The third-order valence-corrected chi connectivity index (χ3v) is 10.7. The van der Waals surface area contributed by atoms with E-state index in [-0.39, 0.29) is 60.5 Å². The normalized spacial score (nSPS) is 20.8. The molecule has 0 radical (unpaired) electrons. The number of nitrogens with zero attached hydrogens (tertiary/aromatic N) is 6. The van der Waals surface area contributed by atoms with Crippen LogP contribution in [-0.2, 0) is 16.1 Å². The second-order valence-corrected chi connectivity index (χ2v) is 14.9.